The molecular weight excluding hydrogens is 461 g/mol. The summed E-state index contributed by atoms with van der Waals surface area (Å²) in [6.07, 6.45) is 1.37. The fraction of sp³-hybridized carbons (Fsp3) is 0.200. The highest BCUT2D eigenvalue weighted by atomic mass is 127. The largest absolute Gasteiger partial charge is 0.490 e. The van der Waals surface area contributed by atoms with Crippen LogP contribution in [0.4, 0.5) is 0 Å². The molecule has 0 spiro atoms. The van der Waals surface area contributed by atoms with Crippen LogP contribution in [0.15, 0.2) is 48.2 Å². The normalized spacial score (nSPS) is 11.0. The Morgan fingerprint density at radius 3 is 2.52 bits per heavy atom. The lowest BCUT2D eigenvalue weighted by molar-refractivity contribution is -0.134. The van der Waals surface area contributed by atoms with E-state index in [0.29, 0.717) is 30.3 Å². The predicted molar refractivity (Wildman–Crippen MR) is 111 cm³/mol. The summed E-state index contributed by atoms with van der Waals surface area (Å²) in [6.45, 7) is 3.93. The lowest BCUT2D eigenvalue weighted by Gasteiger charge is -2.13. The van der Waals surface area contributed by atoms with Crippen molar-refractivity contribution in [2.75, 3.05) is 6.61 Å². The average molecular weight is 481 g/mol. The number of rotatable bonds is 8. The molecule has 142 valence electrons. The molecular formula is C20H20INO5. The maximum Gasteiger partial charge on any atom is 0.352 e. The van der Waals surface area contributed by atoms with Crippen molar-refractivity contribution in [3.8, 4) is 11.5 Å². The summed E-state index contributed by atoms with van der Waals surface area (Å²) in [7, 11) is 0. The molecule has 0 aliphatic rings. The van der Waals surface area contributed by atoms with Gasteiger partial charge >= 0.3 is 5.97 Å². The Balaban J connectivity index is 2.26. The maximum atomic E-state index is 11.3. The van der Waals surface area contributed by atoms with Gasteiger partial charge in [-0.3, -0.25) is 4.79 Å². The summed E-state index contributed by atoms with van der Waals surface area (Å²) in [5.41, 5.74) is 1.42. The molecule has 0 atom stereocenters. The van der Waals surface area contributed by atoms with Crippen LogP contribution in [-0.2, 0) is 16.2 Å². The first-order valence-electron chi connectivity index (χ1n) is 8.26. The van der Waals surface area contributed by atoms with Gasteiger partial charge in [0.2, 0.25) is 5.91 Å². The Hall–Kier alpha value is -2.55. The van der Waals surface area contributed by atoms with Crippen LogP contribution in [0.1, 0.15) is 25.0 Å². The van der Waals surface area contributed by atoms with E-state index in [0.717, 1.165) is 9.13 Å². The fourth-order valence-corrected chi connectivity index (χ4v) is 2.82. The van der Waals surface area contributed by atoms with Gasteiger partial charge in [-0.25, -0.2) is 4.79 Å². The molecule has 1 amide bonds. The van der Waals surface area contributed by atoms with Gasteiger partial charge in [-0.1, -0.05) is 24.3 Å². The molecule has 0 saturated heterocycles. The summed E-state index contributed by atoms with van der Waals surface area (Å²) in [4.78, 5) is 22.4. The molecule has 2 aromatic carbocycles. The summed E-state index contributed by atoms with van der Waals surface area (Å²) in [6, 6.07) is 13.0. The Morgan fingerprint density at radius 2 is 1.89 bits per heavy atom. The van der Waals surface area contributed by atoms with Gasteiger partial charge in [0.05, 0.1) is 6.61 Å². The number of carboxylic acids is 1. The third-order valence-electron chi connectivity index (χ3n) is 3.46. The van der Waals surface area contributed by atoms with E-state index < -0.39 is 11.9 Å². The summed E-state index contributed by atoms with van der Waals surface area (Å²) >= 11 is 2.25. The van der Waals surface area contributed by atoms with Crippen LogP contribution >= 0.6 is 22.6 Å². The highest BCUT2D eigenvalue weighted by molar-refractivity contribution is 14.1. The minimum Gasteiger partial charge on any atom is -0.490 e. The first-order valence-corrected chi connectivity index (χ1v) is 9.34. The molecule has 0 aliphatic carbocycles. The highest BCUT2D eigenvalue weighted by Gasteiger charge is 2.11. The second-order valence-corrected chi connectivity index (χ2v) is 6.73. The quantitative estimate of drug-likeness (QED) is 0.443. The minimum absolute atomic E-state index is 0.211. The zero-order chi connectivity index (χ0) is 19.8. The smallest absolute Gasteiger partial charge is 0.352 e. The highest BCUT2D eigenvalue weighted by Crippen LogP contribution is 2.30. The van der Waals surface area contributed by atoms with Gasteiger partial charge in [0.25, 0.3) is 0 Å². The van der Waals surface area contributed by atoms with Crippen molar-refractivity contribution < 1.29 is 24.2 Å². The number of amides is 1. The van der Waals surface area contributed by atoms with Gasteiger partial charge in [0, 0.05) is 16.1 Å². The Labute approximate surface area is 171 Å². The molecule has 6 nitrogen and oxygen atoms in total. The third kappa shape index (κ3) is 6.28. The SMILES string of the molecule is CCOc1cc(/C=C(/NC(C)=O)C(=O)O)ccc1OCc1ccccc1I. The van der Waals surface area contributed by atoms with Crippen molar-refractivity contribution in [2.24, 2.45) is 0 Å². The minimum atomic E-state index is -1.22. The molecule has 27 heavy (non-hydrogen) atoms. The molecule has 7 heteroatoms. The van der Waals surface area contributed by atoms with E-state index >= 15 is 0 Å². The van der Waals surface area contributed by atoms with Crippen LogP contribution in [-0.4, -0.2) is 23.6 Å². The summed E-state index contributed by atoms with van der Waals surface area (Å²) in [5.74, 6) is -0.608. The number of benzene rings is 2. The van der Waals surface area contributed by atoms with E-state index in [-0.39, 0.29) is 5.70 Å². The monoisotopic (exact) mass is 481 g/mol. The van der Waals surface area contributed by atoms with E-state index in [1.165, 1.54) is 13.0 Å². The van der Waals surface area contributed by atoms with Crippen molar-refractivity contribution in [3.63, 3.8) is 0 Å². The number of hydrogen-bond donors (Lipinski definition) is 2. The van der Waals surface area contributed by atoms with Gasteiger partial charge in [0.1, 0.15) is 12.3 Å². The van der Waals surface area contributed by atoms with Crippen molar-refractivity contribution in [2.45, 2.75) is 20.5 Å². The predicted octanol–water partition coefficient (Wildman–Crippen LogP) is 3.83. The lowest BCUT2D eigenvalue weighted by atomic mass is 10.1. The van der Waals surface area contributed by atoms with E-state index in [1.54, 1.807) is 18.2 Å². The van der Waals surface area contributed by atoms with E-state index in [2.05, 4.69) is 27.9 Å². The molecule has 0 radical (unpaired) electrons. The summed E-state index contributed by atoms with van der Waals surface area (Å²) < 4.78 is 12.6. The van der Waals surface area contributed by atoms with Gasteiger partial charge in [-0.15, -0.1) is 0 Å². The Bertz CT molecular complexity index is 863. The molecule has 0 saturated carbocycles. The third-order valence-corrected chi connectivity index (χ3v) is 4.51. The van der Waals surface area contributed by atoms with Crippen LogP contribution < -0.4 is 14.8 Å². The second kappa shape index (κ2) is 9.96. The molecule has 0 heterocycles. The number of carboxylic acid groups (broad SMARTS) is 1. The average Bonchev–Trinajstić information content (AvgIpc) is 2.61. The number of carbonyl (C=O) groups excluding carboxylic acids is 1. The van der Waals surface area contributed by atoms with Crippen molar-refractivity contribution >= 4 is 40.5 Å². The number of hydrogen-bond acceptors (Lipinski definition) is 4. The molecule has 0 unspecified atom stereocenters. The number of nitrogens with one attached hydrogen (secondary N) is 1. The lowest BCUT2D eigenvalue weighted by Crippen LogP contribution is -2.24. The fourth-order valence-electron chi connectivity index (χ4n) is 2.28. The second-order valence-electron chi connectivity index (χ2n) is 5.56. The maximum absolute atomic E-state index is 11.3. The molecule has 0 aromatic heterocycles. The number of halogens is 1. The molecule has 2 rings (SSSR count). The van der Waals surface area contributed by atoms with Gasteiger partial charge in [-0.05, 0) is 59.4 Å². The molecule has 2 N–H and O–H groups in total. The van der Waals surface area contributed by atoms with E-state index in [1.807, 2.05) is 31.2 Å². The van der Waals surface area contributed by atoms with Crippen molar-refractivity contribution in [1.29, 1.82) is 0 Å². The Kier molecular flexibility index (Phi) is 7.66. The van der Waals surface area contributed by atoms with Gasteiger partial charge in [-0.2, -0.15) is 0 Å². The summed E-state index contributed by atoms with van der Waals surface area (Å²) in [5, 5.41) is 11.5. The molecule has 0 fully saturated rings. The van der Waals surface area contributed by atoms with Crippen molar-refractivity contribution in [1.82, 2.24) is 5.32 Å². The van der Waals surface area contributed by atoms with Crippen LogP contribution in [0.25, 0.3) is 6.08 Å². The zero-order valence-electron chi connectivity index (χ0n) is 15.0. The molecule has 0 aliphatic heterocycles. The van der Waals surface area contributed by atoms with Crippen LogP contribution in [0.2, 0.25) is 0 Å². The van der Waals surface area contributed by atoms with Gasteiger partial charge < -0.3 is 19.9 Å². The number of ether oxygens (including phenoxy) is 2. The topological polar surface area (TPSA) is 84.9 Å². The zero-order valence-corrected chi connectivity index (χ0v) is 17.1. The van der Waals surface area contributed by atoms with E-state index in [4.69, 9.17) is 9.47 Å². The van der Waals surface area contributed by atoms with E-state index in [9.17, 15) is 14.7 Å². The Morgan fingerprint density at radius 1 is 1.15 bits per heavy atom. The van der Waals surface area contributed by atoms with Crippen molar-refractivity contribution in [3.05, 3.63) is 62.9 Å². The number of carbonyl (C=O) groups is 2. The van der Waals surface area contributed by atoms with Crippen LogP contribution in [0, 0.1) is 3.57 Å². The van der Waals surface area contributed by atoms with Crippen LogP contribution in [0.5, 0.6) is 11.5 Å². The van der Waals surface area contributed by atoms with Crippen LogP contribution in [0.3, 0.4) is 0 Å². The standard InChI is InChI=1S/C20H20INO5/c1-3-26-19-11-14(10-17(20(24)25)22-13(2)23)8-9-18(19)27-12-15-6-4-5-7-16(15)21/h4-11H,3,12H2,1-2H3,(H,22,23)(H,24,25)/b17-10+. The molecule has 0 bridgehead atoms. The molecule has 2 aromatic rings. The first-order chi connectivity index (χ1) is 12.9. The number of aliphatic carboxylic acids is 1. The van der Waals surface area contributed by atoms with Gasteiger partial charge in [0.15, 0.2) is 11.5 Å². The first kappa shape index (κ1) is 20.8.